The summed E-state index contributed by atoms with van der Waals surface area (Å²) in [7, 11) is 5.07. The summed E-state index contributed by atoms with van der Waals surface area (Å²) in [4.78, 5) is 12.8. The van der Waals surface area contributed by atoms with Crippen LogP contribution in [0.2, 0.25) is 5.82 Å². The molecular formula is C6H13BN2O. The van der Waals surface area contributed by atoms with Gasteiger partial charge in [-0.3, -0.25) is 4.79 Å². The predicted octanol–water partition coefficient (Wildman–Crippen LogP) is -0.792. The Bertz CT molecular complexity index is 138. The third-order valence-electron chi connectivity index (χ3n) is 1.69. The highest BCUT2D eigenvalue weighted by Crippen LogP contribution is 2.13. The Morgan fingerprint density at radius 2 is 2.40 bits per heavy atom. The summed E-state index contributed by atoms with van der Waals surface area (Å²) in [6.07, 6.45) is 0.707. The van der Waals surface area contributed by atoms with E-state index in [2.05, 4.69) is 10.1 Å². The molecule has 1 heterocycles. The minimum atomic E-state index is 0.201. The summed E-state index contributed by atoms with van der Waals surface area (Å²) >= 11 is 0. The van der Waals surface area contributed by atoms with Crippen molar-refractivity contribution in [1.29, 1.82) is 0 Å². The van der Waals surface area contributed by atoms with Gasteiger partial charge in [0, 0.05) is 13.0 Å². The molecule has 4 heteroatoms. The Kier molecular flexibility index (Phi) is 2.32. The van der Waals surface area contributed by atoms with E-state index in [0.29, 0.717) is 12.2 Å². The van der Waals surface area contributed by atoms with E-state index in [9.17, 15) is 4.79 Å². The lowest BCUT2D eigenvalue weighted by Gasteiger charge is -2.10. The fourth-order valence-corrected chi connectivity index (χ4v) is 1.31. The number of nitrogens with zero attached hydrogens (tertiary/aromatic N) is 1. The van der Waals surface area contributed by atoms with Crippen LogP contribution in [0.1, 0.15) is 6.42 Å². The lowest BCUT2D eigenvalue weighted by atomic mass is 9.74. The fraction of sp³-hybridized carbons (Fsp3) is 0.833. The van der Waals surface area contributed by atoms with Gasteiger partial charge in [-0.15, -0.1) is 0 Å². The van der Waals surface area contributed by atoms with Crippen LogP contribution in [0.3, 0.4) is 0 Å². The Labute approximate surface area is 62.0 Å². The lowest BCUT2D eigenvalue weighted by Crippen LogP contribution is -2.23. The summed E-state index contributed by atoms with van der Waals surface area (Å²) in [6, 6.07) is 0. The maximum Gasteiger partial charge on any atom is 0.219 e. The molecule has 0 radical (unpaired) electrons. The number of amides is 1. The number of nitrogens with one attached hydrogen (secondary N) is 1. The molecule has 0 aromatic carbocycles. The van der Waals surface area contributed by atoms with Crippen LogP contribution in [0, 0.1) is 0 Å². The first-order valence-electron chi connectivity index (χ1n) is 3.60. The third kappa shape index (κ3) is 2.03. The van der Waals surface area contributed by atoms with Crippen LogP contribution in [0.25, 0.3) is 0 Å². The van der Waals surface area contributed by atoms with Crippen molar-refractivity contribution in [3.8, 4) is 0 Å². The van der Waals surface area contributed by atoms with Crippen LogP contribution < -0.4 is 5.32 Å². The van der Waals surface area contributed by atoms with Gasteiger partial charge in [0.05, 0.1) is 0 Å². The van der Waals surface area contributed by atoms with E-state index in [0.717, 1.165) is 14.0 Å². The van der Waals surface area contributed by atoms with Crippen molar-refractivity contribution >= 4 is 13.3 Å². The highest BCUT2D eigenvalue weighted by atomic mass is 16.1. The molecule has 1 rings (SSSR count). The Balaban J connectivity index is 2.24. The van der Waals surface area contributed by atoms with Gasteiger partial charge in [-0.2, -0.15) is 0 Å². The van der Waals surface area contributed by atoms with Gasteiger partial charge in [0.2, 0.25) is 13.3 Å². The maximum atomic E-state index is 10.7. The number of carbonyl (C=O) groups is 1. The van der Waals surface area contributed by atoms with E-state index in [1.54, 1.807) is 0 Å². The molecule has 1 amide bonds. The van der Waals surface area contributed by atoms with Gasteiger partial charge >= 0.3 is 0 Å². The standard InChI is InChI=1S/C6H13BN2O/c1-9(2)7-5-3-6(10)8-4-5/h5,7H,3-4H2,1-2H3,(H,8,10). The van der Waals surface area contributed by atoms with Crippen LogP contribution in [-0.2, 0) is 4.79 Å². The third-order valence-corrected chi connectivity index (χ3v) is 1.69. The van der Waals surface area contributed by atoms with Crippen LogP contribution in [-0.4, -0.2) is 38.8 Å². The first kappa shape index (κ1) is 7.60. The number of hydrogen-bond acceptors (Lipinski definition) is 2. The summed E-state index contributed by atoms with van der Waals surface area (Å²) < 4.78 is 0. The molecule has 0 saturated carbocycles. The monoisotopic (exact) mass is 140 g/mol. The van der Waals surface area contributed by atoms with E-state index in [1.807, 2.05) is 14.1 Å². The number of hydrogen-bond donors (Lipinski definition) is 1. The second kappa shape index (κ2) is 3.06. The van der Waals surface area contributed by atoms with Gasteiger partial charge in [-0.1, -0.05) is 0 Å². The lowest BCUT2D eigenvalue weighted by molar-refractivity contribution is -0.119. The van der Waals surface area contributed by atoms with Crippen LogP contribution in [0.15, 0.2) is 0 Å². The normalized spacial score (nSPS) is 25.1. The van der Waals surface area contributed by atoms with Crippen LogP contribution in [0.5, 0.6) is 0 Å². The highest BCUT2D eigenvalue weighted by Gasteiger charge is 2.22. The molecule has 0 bridgehead atoms. The molecule has 0 aliphatic carbocycles. The second-order valence-corrected chi connectivity index (χ2v) is 3.14. The highest BCUT2D eigenvalue weighted by molar-refractivity contribution is 6.35. The Morgan fingerprint density at radius 1 is 1.70 bits per heavy atom. The summed E-state index contributed by atoms with van der Waals surface area (Å²) in [5.74, 6) is 0.731. The van der Waals surface area contributed by atoms with Gasteiger partial charge in [0.25, 0.3) is 0 Å². The van der Waals surface area contributed by atoms with Crippen molar-refractivity contribution in [2.24, 2.45) is 0 Å². The maximum absolute atomic E-state index is 10.7. The van der Waals surface area contributed by atoms with Crippen molar-refractivity contribution in [3.05, 3.63) is 0 Å². The van der Waals surface area contributed by atoms with Gasteiger partial charge < -0.3 is 10.1 Å². The van der Waals surface area contributed by atoms with Crippen LogP contribution in [0.4, 0.5) is 0 Å². The van der Waals surface area contributed by atoms with E-state index in [-0.39, 0.29) is 5.91 Å². The van der Waals surface area contributed by atoms with Crippen molar-refractivity contribution in [1.82, 2.24) is 10.1 Å². The Hall–Kier alpha value is -0.505. The molecule has 10 heavy (non-hydrogen) atoms. The van der Waals surface area contributed by atoms with Gasteiger partial charge in [-0.25, -0.2) is 0 Å². The summed E-state index contributed by atoms with van der Waals surface area (Å²) in [5, 5.41) is 2.81. The molecule has 1 N–H and O–H groups in total. The second-order valence-electron chi connectivity index (χ2n) is 3.14. The average Bonchev–Trinajstić information content (AvgIpc) is 2.13. The molecule has 1 unspecified atom stereocenters. The first-order chi connectivity index (χ1) is 4.68. The molecule has 3 nitrogen and oxygen atoms in total. The number of rotatable bonds is 2. The molecule has 0 spiro atoms. The van der Waals surface area contributed by atoms with Gasteiger partial charge in [-0.05, 0) is 19.9 Å². The SMILES string of the molecule is CN(C)BC1CNC(=O)C1. The van der Waals surface area contributed by atoms with Gasteiger partial charge in [0.1, 0.15) is 0 Å². The minimum Gasteiger partial charge on any atom is -0.356 e. The molecule has 1 saturated heterocycles. The smallest absolute Gasteiger partial charge is 0.219 e. The molecule has 0 aromatic heterocycles. The van der Waals surface area contributed by atoms with E-state index in [1.165, 1.54) is 0 Å². The molecular weight excluding hydrogens is 127 g/mol. The van der Waals surface area contributed by atoms with E-state index in [4.69, 9.17) is 0 Å². The average molecular weight is 140 g/mol. The van der Waals surface area contributed by atoms with Crippen LogP contribution >= 0.6 is 0 Å². The predicted molar refractivity (Wildman–Crippen MR) is 42.2 cm³/mol. The number of carbonyl (C=O) groups excluding carboxylic acids is 1. The zero-order chi connectivity index (χ0) is 7.56. The zero-order valence-electron chi connectivity index (χ0n) is 6.55. The molecule has 1 fully saturated rings. The summed E-state index contributed by atoms with van der Waals surface area (Å²) in [5.41, 5.74) is 0. The largest absolute Gasteiger partial charge is 0.356 e. The molecule has 0 aromatic rings. The first-order valence-corrected chi connectivity index (χ1v) is 3.60. The minimum absolute atomic E-state index is 0.201. The van der Waals surface area contributed by atoms with E-state index < -0.39 is 0 Å². The topological polar surface area (TPSA) is 32.3 Å². The fourth-order valence-electron chi connectivity index (χ4n) is 1.31. The molecule has 1 atom stereocenters. The molecule has 1 aliphatic heterocycles. The van der Waals surface area contributed by atoms with E-state index >= 15 is 0 Å². The quantitative estimate of drug-likeness (QED) is 0.509. The summed E-state index contributed by atoms with van der Waals surface area (Å²) in [6.45, 7) is 0.858. The van der Waals surface area contributed by atoms with Crippen molar-refractivity contribution in [2.45, 2.75) is 12.2 Å². The molecule has 56 valence electrons. The van der Waals surface area contributed by atoms with Crippen molar-refractivity contribution in [2.75, 3.05) is 20.6 Å². The van der Waals surface area contributed by atoms with Gasteiger partial charge in [0.15, 0.2) is 0 Å². The Morgan fingerprint density at radius 3 is 2.80 bits per heavy atom. The molecule has 1 aliphatic rings. The van der Waals surface area contributed by atoms with Crippen molar-refractivity contribution < 1.29 is 4.79 Å². The zero-order valence-corrected chi connectivity index (χ0v) is 6.55. The van der Waals surface area contributed by atoms with Crippen molar-refractivity contribution in [3.63, 3.8) is 0 Å².